The number of rotatable bonds is 6. The Morgan fingerprint density at radius 1 is 1.02 bits per heavy atom. The van der Waals surface area contributed by atoms with Gasteiger partial charge in [-0.2, -0.15) is 0 Å². The van der Waals surface area contributed by atoms with Crippen LogP contribution in [0.5, 0.6) is 0 Å². The predicted octanol–water partition coefficient (Wildman–Crippen LogP) is 0.528. The maximum atomic E-state index is 14.2. The Bertz CT molecular complexity index is 1080. The maximum Gasteiger partial charge on any atom is 0.303 e. The third-order valence-corrected chi connectivity index (χ3v) is 11.3. The molecule has 0 aromatic rings. The number of esters is 1. The fourth-order valence-corrected chi connectivity index (χ4v) is 9.39. The van der Waals surface area contributed by atoms with Crippen LogP contribution in [0.3, 0.4) is 0 Å². The highest BCUT2D eigenvalue weighted by Gasteiger charge is 2.73. The van der Waals surface area contributed by atoms with Gasteiger partial charge in [0.05, 0.1) is 25.9 Å². The van der Waals surface area contributed by atoms with E-state index in [0.29, 0.717) is 18.6 Å². The second-order valence-electron chi connectivity index (χ2n) is 13.3. The average molecular weight is 599 g/mol. The van der Waals surface area contributed by atoms with Crippen LogP contribution >= 0.6 is 0 Å². The summed E-state index contributed by atoms with van der Waals surface area (Å²) in [6.45, 7) is 8.92. The molecule has 12 heteroatoms. The van der Waals surface area contributed by atoms with Crippen molar-refractivity contribution in [1.29, 1.82) is 0 Å². The highest BCUT2D eigenvalue weighted by molar-refractivity contribution is 5.99. The van der Waals surface area contributed by atoms with Crippen molar-refractivity contribution in [2.45, 2.75) is 103 Å². The molecule has 2 saturated heterocycles. The van der Waals surface area contributed by atoms with Crippen molar-refractivity contribution in [2.75, 3.05) is 20.8 Å². The largest absolute Gasteiger partial charge is 0.493 e. The number of Topliss-reactive ketones (excluding diaryl/α,β-unsaturated/α-hetero) is 1. The van der Waals surface area contributed by atoms with Crippen LogP contribution in [0.4, 0.5) is 0 Å². The highest BCUT2D eigenvalue weighted by atomic mass is 16.8. The first-order valence-corrected chi connectivity index (χ1v) is 14.9. The van der Waals surface area contributed by atoms with Gasteiger partial charge in [-0.15, -0.1) is 0 Å². The van der Waals surface area contributed by atoms with Gasteiger partial charge in [0, 0.05) is 37.2 Å². The normalized spacial score (nSPS) is 52.1. The maximum absolute atomic E-state index is 14.2. The molecule has 0 aromatic carbocycles. The molecule has 2 aliphatic heterocycles. The van der Waals surface area contributed by atoms with Crippen molar-refractivity contribution in [3.8, 4) is 0 Å². The van der Waals surface area contributed by atoms with Crippen molar-refractivity contribution < 1.29 is 58.4 Å². The van der Waals surface area contributed by atoms with Crippen LogP contribution in [0.1, 0.15) is 47.5 Å². The average Bonchev–Trinajstić information content (AvgIpc) is 2.93. The minimum absolute atomic E-state index is 0.0562. The molecule has 4 N–H and O–H groups in total. The molecule has 12 nitrogen and oxygen atoms in total. The van der Waals surface area contributed by atoms with Crippen LogP contribution in [-0.2, 0) is 38.0 Å². The summed E-state index contributed by atoms with van der Waals surface area (Å²) >= 11 is 0. The van der Waals surface area contributed by atoms with Gasteiger partial charge in [0.25, 0.3) is 0 Å². The van der Waals surface area contributed by atoms with Gasteiger partial charge >= 0.3 is 5.97 Å². The molecule has 5 aliphatic rings. The molecule has 0 bridgehead atoms. The number of hydrogen-bond acceptors (Lipinski definition) is 12. The van der Waals surface area contributed by atoms with Gasteiger partial charge in [-0.1, -0.05) is 27.7 Å². The first kappa shape index (κ1) is 31.8. The monoisotopic (exact) mass is 598 g/mol. The molecule has 238 valence electrons. The molecule has 4 fully saturated rings. The van der Waals surface area contributed by atoms with Crippen LogP contribution in [-0.4, -0.2) is 108 Å². The van der Waals surface area contributed by atoms with E-state index in [1.165, 1.54) is 14.0 Å². The van der Waals surface area contributed by atoms with Gasteiger partial charge in [0.2, 0.25) is 5.78 Å². The summed E-state index contributed by atoms with van der Waals surface area (Å²) < 4.78 is 36.0. The zero-order valence-electron chi connectivity index (χ0n) is 25.3. The molecule has 42 heavy (non-hydrogen) atoms. The van der Waals surface area contributed by atoms with Crippen molar-refractivity contribution in [3.05, 3.63) is 11.8 Å². The summed E-state index contributed by atoms with van der Waals surface area (Å²) in [5, 5.41) is 40.8. The van der Waals surface area contributed by atoms with Crippen LogP contribution in [0, 0.1) is 40.4 Å². The van der Waals surface area contributed by atoms with Crippen LogP contribution in [0.2, 0.25) is 0 Å². The summed E-state index contributed by atoms with van der Waals surface area (Å²) in [5.74, 6) is -1.29. The number of allylic oxidation sites excluding steroid dienone is 2. The zero-order chi connectivity index (χ0) is 30.9. The van der Waals surface area contributed by atoms with E-state index in [-0.39, 0.29) is 29.5 Å². The Morgan fingerprint density at radius 3 is 2.31 bits per heavy atom. The lowest BCUT2D eigenvalue weighted by Gasteiger charge is -2.69. The molecule has 16 atom stereocenters. The lowest BCUT2D eigenvalue weighted by molar-refractivity contribution is -0.380. The van der Waals surface area contributed by atoms with E-state index in [1.54, 1.807) is 7.11 Å². The predicted molar refractivity (Wildman–Crippen MR) is 144 cm³/mol. The Kier molecular flexibility index (Phi) is 8.60. The van der Waals surface area contributed by atoms with E-state index in [0.717, 1.165) is 0 Å². The summed E-state index contributed by atoms with van der Waals surface area (Å²) in [4.78, 5) is 26.7. The second kappa shape index (κ2) is 11.4. The Labute approximate surface area is 246 Å². The lowest BCUT2D eigenvalue weighted by atomic mass is 9.38. The quantitative estimate of drug-likeness (QED) is 0.313. The van der Waals surface area contributed by atoms with Gasteiger partial charge in [0.15, 0.2) is 18.3 Å². The smallest absolute Gasteiger partial charge is 0.303 e. The van der Waals surface area contributed by atoms with Gasteiger partial charge < -0.3 is 48.8 Å². The molecule has 3 aliphatic carbocycles. The van der Waals surface area contributed by atoms with Crippen LogP contribution < -0.4 is 0 Å². The van der Waals surface area contributed by atoms with Crippen LogP contribution in [0.25, 0.3) is 0 Å². The van der Waals surface area contributed by atoms with Gasteiger partial charge in [-0.05, 0) is 36.2 Å². The lowest BCUT2D eigenvalue weighted by Crippen LogP contribution is -2.74. The first-order valence-electron chi connectivity index (χ1n) is 14.9. The summed E-state index contributed by atoms with van der Waals surface area (Å²) in [5.41, 5.74) is -1.60. The summed E-state index contributed by atoms with van der Waals surface area (Å²) in [6, 6.07) is 0. The number of ether oxygens (including phenoxy) is 6. The number of fused-ring (bicyclic) bond motifs is 2. The molecule has 2 saturated carbocycles. The molecule has 0 spiro atoms. The third-order valence-electron chi connectivity index (χ3n) is 11.3. The number of ketones is 1. The fourth-order valence-electron chi connectivity index (χ4n) is 9.39. The highest BCUT2D eigenvalue weighted by Crippen LogP contribution is 2.69. The number of carbonyl (C=O) groups excluding carboxylic acids is 2. The Morgan fingerprint density at radius 2 is 1.71 bits per heavy atom. The van der Waals surface area contributed by atoms with Crippen molar-refractivity contribution in [2.24, 2.45) is 40.4 Å². The third kappa shape index (κ3) is 4.56. The molecule has 2 heterocycles. The minimum Gasteiger partial charge on any atom is -0.493 e. The molecule has 5 rings (SSSR count). The summed E-state index contributed by atoms with van der Waals surface area (Å²) in [7, 11) is 3.07. The Balaban J connectivity index is 1.56. The van der Waals surface area contributed by atoms with E-state index in [1.807, 2.05) is 26.8 Å². The number of hydrogen-bond donors (Lipinski definition) is 4. The van der Waals surface area contributed by atoms with E-state index in [4.69, 9.17) is 28.4 Å². The van der Waals surface area contributed by atoms with Gasteiger partial charge in [-0.25, -0.2) is 0 Å². The van der Waals surface area contributed by atoms with E-state index in [2.05, 4.69) is 6.92 Å². The zero-order valence-corrected chi connectivity index (χ0v) is 25.3. The molecular weight excluding hydrogens is 552 g/mol. The SMILES string of the molecule is COC1=C[C@@H](C)[C@@H]2CC3OC(O[C@@H]4O[C@H](CO)[C@@H](O)[C@H](O)[C@H]4O)CC4[C@@H](C)[C@H](OC)[C@@H](OC(C)=O)[C@@H](C34C)C2(C)C1=O. The first-order chi connectivity index (χ1) is 19.7. The van der Waals surface area contributed by atoms with E-state index in [9.17, 15) is 30.0 Å². The molecule has 0 radical (unpaired) electrons. The topological polar surface area (TPSA) is 170 Å². The molecule has 5 unspecified atom stereocenters. The standard InChI is InChI=1S/C30H46O12/c1-12-8-17(37-6)27(36)30(5)15(12)9-19-29(4)16(13(2)24(38-7)25(26(29)30)39-14(3)32)10-20(41-19)42-28-23(35)22(34)21(33)18(11-31)40-28/h8,12-13,15-16,18-26,28,31,33-35H,9-11H2,1-7H3/t12-,13-,15+,16?,18-,19?,20?,21-,22+,23-,24+,25-,26+,28+,29?,30?/m1/s1. The molecule has 0 aromatic heterocycles. The number of methoxy groups -OCH3 is 2. The van der Waals surface area contributed by atoms with Crippen molar-refractivity contribution in [3.63, 3.8) is 0 Å². The number of carbonyl (C=O) groups is 2. The molecular formula is C30H46O12. The van der Waals surface area contributed by atoms with Gasteiger partial charge in [0.1, 0.15) is 30.5 Å². The van der Waals surface area contributed by atoms with Gasteiger partial charge in [-0.3, -0.25) is 9.59 Å². The second-order valence-corrected chi connectivity index (χ2v) is 13.3. The van der Waals surface area contributed by atoms with Crippen molar-refractivity contribution in [1.82, 2.24) is 0 Å². The van der Waals surface area contributed by atoms with Crippen molar-refractivity contribution >= 4 is 11.8 Å². The minimum atomic E-state index is -1.58. The van der Waals surface area contributed by atoms with Crippen LogP contribution in [0.15, 0.2) is 11.8 Å². The molecule has 0 amide bonds. The Hall–Kier alpha value is -1.64. The fraction of sp³-hybridized carbons (Fsp3) is 0.867. The number of aliphatic hydroxyl groups excluding tert-OH is 4. The number of aliphatic hydroxyl groups is 4. The van der Waals surface area contributed by atoms with E-state index >= 15 is 0 Å². The van der Waals surface area contributed by atoms with E-state index < -0.39 is 84.6 Å². The summed E-state index contributed by atoms with van der Waals surface area (Å²) in [6.07, 6.45) is -6.98.